The number of piperidine rings is 1. The molecule has 2 aliphatic heterocycles. The van der Waals surface area contributed by atoms with Gasteiger partial charge in [-0.1, -0.05) is 46.3 Å². The molecule has 1 fully saturated rings. The van der Waals surface area contributed by atoms with E-state index in [0.717, 1.165) is 54.0 Å². The minimum Gasteiger partial charge on any atom is -0.486 e. The lowest BCUT2D eigenvalue weighted by Crippen LogP contribution is -2.36. The predicted molar refractivity (Wildman–Crippen MR) is 104 cm³/mol. The molecule has 1 saturated heterocycles. The molecule has 2 aromatic rings. The average Bonchev–Trinajstić information content (AvgIpc) is 2.69. The van der Waals surface area contributed by atoms with Gasteiger partial charge in [0.05, 0.1) is 0 Å². The second-order valence-electron chi connectivity index (χ2n) is 6.87. The van der Waals surface area contributed by atoms with Crippen LogP contribution in [0.15, 0.2) is 46.9 Å². The maximum absolute atomic E-state index is 12.6. The summed E-state index contributed by atoms with van der Waals surface area (Å²) >= 11 is 3.65. The second-order valence-corrected chi connectivity index (χ2v) is 7.72. The summed E-state index contributed by atoms with van der Waals surface area (Å²) in [7, 11) is 0. The van der Waals surface area contributed by atoms with Gasteiger partial charge in [0.1, 0.15) is 13.2 Å². The van der Waals surface area contributed by atoms with Crippen molar-refractivity contribution < 1.29 is 14.3 Å². The number of hydrogen-bond acceptors (Lipinski definition) is 4. The lowest BCUT2D eigenvalue weighted by molar-refractivity contribution is 0.0834. The van der Waals surface area contributed by atoms with Gasteiger partial charge in [-0.15, -0.1) is 0 Å². The van der Waals surface area contributed by atoms with Crippen LogP contribution >= 0.6 is 15.9 Å². The molecule has 0 saturated carbocycles. The summed E-state index contributed by atoms with van der Waals surface area (Å²) in [5.41, 5.74) is 2.03. The number of ether oxygens (including phenoxy) is 2. The molecule has 0 spiro atoms. The first kappa shape index (κ1) is 17.6. The Morgan fingerprint density at radius 2 is 1.69 bits per heavy atom. The molecule has 0 aromatic heterocycles. The smallest absolute Gasteiger partial charge is 0.166 e. The number of nitrogens with zero attached hydrogens (tertiary/aromatic N) is 1. The van der Waals surface area contributed by atoms with Crippen molar-refractivity contribution in [3.05, 3.63) is 58.1 Å². The van der Waals surface area contributed by atoms with Gasteiger partial charge in [-0.3, -0.25) is 9.69 Å². The highest BCUT2D eigenvalue weighted by atomic mass is 79.9. The van der Waals surface area contributed by atoms with E-state index in [1.165, 1.54) is 5.56 Å². The average molecular weight is 416 g/mol. The highest BCUT2D eigenvalue weighted by molar-refractivity contribution is 9.10. The van der Waals surface area contributed by atoms with E-state index >= 15 is 0 Å². The number of likely N-dealkylation sites (tertiary alicyclic amines) is 1. The Balaban J connectivity index is 1.38. The topological polar surface area (TPSA) is 38.8 Å². The monoisotopic (exact) mass is 415 g/mol. The molecular weight excluding hydrogens is 394 g/mol. The molecule has 0 radical (unpaired) electrons. The van der Waals surface area contributed by atoms with E-state index in [0.29, 0.717) is 13.2 Å². The van der Waals surface area contributed by atoms with Crippen LogP contribution in [0.1, 0.15) is 28.8 Å². The molecule has 2 aliphatic rings. The Morgan fingerprint density at radius 3 is 2.38 bits per heavy atom. The first-order valence-electron chi connectivity index (χ1n) is 9.10. The third-order valence-electron chi connectivity index (χ3n) is 5.12. The van der Waals surface area contributed by atoms with Gasteiger partial charge in [-0.25, -0.2) is 0 Å². The van der Waals surface area contributed by atoms with E-state index in [9.17, 15) is 4.79 Å². The second kappa shape index (κ2) is 7.80. The van der Waals surface area contributed by atoms with E-state index < -0.39 is 0 Å². The lowest BCUT2D eigenvalue weighted by Gasteiger charge is -2.32. The molecule has 0 unspecified atom stereocenters. The zero-order chi connectivity index (χ0) is 17.9. The van der Waals surface area contributed by atoms with Gasteiger partial charge in [0, 0.05) is 22.5 Å². The molecular formula is C21H22BrNO3. The quantitative estimate of drug-likeness (QED) is 0.697. The first-order valence-corrected chi connectivity index (χ1v) is 9.89. The van der Waals surface area contributed by atoms with E-state index in [1.54, 1.807) is 0 Å². The molecule has 0 amide bonds. The number of halogens is 1. The molecule has 0 N–H and O–H groups in total. The maximum atomic E-state index is 12.6. The molecule has 0 atom stereocenters. The summed E-state index contributed by atoms with van der Waals surface area (Å²) in [6, 6.07) is 13.7. The molecule has 0 bridgehead atoms. The van der Waals surface area contributed by atoms with Crippen LogP contribution in [0.3, 0.4) is 0 Å². The molecule has 136 valence electrons. The standard InChI is InChI=1S/C21H22BrNO3/c22-18-13-20-19(25-10-11-26-20)12-17(18)14-23-8-6-16(7-9-23)21(24)15-4-2-1-3-5-15/h1-5,12-13,16H,6-11,14H2. The fourth-order valence-corrected chi connectivity index (χ4v) is 4.11. The minimum atomic E-state index is 0.136. The van der Waals surface area contributed by atoms with Crippen LogP contribution in [-0.4, -0.2) is 37.0 Å². The Hall–Kier alpha value is -1.85. The van der Waals surface area contributed by atoms with Gasteiger partial charge in [0.25, 0.3) is 0 Å². The third kappa shape index (κ3) is 3.79. The first-order chi connectivity index (χ1) is 12.7. The fraction of sp³-hybridized carbons (Fsp3) is 0.381. The number of Topliss-reactive ketones (excluding diaryl/α,β-unsaturated/α-hetero) is 1. The molecule has 4 nitrogen and oxygen atoms in total. The van der Waals surface area contributed by atoms with Crippen molar-refractivity contribution in [3.8, 4) is 11.5 Å². The molecule has 26 heavy (non-hydrogen) atoms. The maximum Gasteiger partial charge on any atom is 0.166 e. The van der Waals surface area contributed by atoms with E-state index in [-0.39, 0.29) is 11.7 Å². The SMILES string of the molecule is O=C(c1ccccc1)C1CCN(Cc2cc3c(cc2Br)OCCO3)CC1. The zero-order valence-electron chi connectivity index (χ0n) is 14.6. The Labute approximate surface area is 162 Å². The fourth-order valence-electron chi connectivity index (χ4n) is 3.66. The van der Waals surface area contributed by atoms with Crippen LogP contribution in [0.5, 0.6) is 11.5 Å². The highest BCUT2D eigenvalue weighted by Gasteiger charge is 2.26. The van der Waals surface area contributed by atoms with Crippen molar-refractivity contribution in [2.45, 2.75) is 19.4 Å². The number of benzene rings is 2. The Bertz CT molecular complexity index is 785. The summed E-state index contributed by atoms with van der Waals surface area (Å²) in [5.74, 6) is 2.05. The summed E-state index contributed by atoms with van der Waals surface area (Å²) in [4.78, 5) is 15.0. The van der Waals surface area contributed by atoms with E-state index in [2.05, 4.69) is 26.9 Å². The van der Waals surface area contributed by atoms with Crippen molar-refractivity contribution in [1.82, 2.24) is 4.90 Å². The molecule has 4 rings (SSSR count). The number of ketones is 1. The number of carbonyl (C=O) groups is 1. The molecule has 0 aliphatic carbocycles. The van der Waals surface area contributed by atoms with Crippen molar-refractivity contribution in [2.75, 3.05) is 26.3 Å². The Kier molecular flexibility index (Phi) is 5.27. The number of hydrogen-bond donors (Lipinski definition) is 0. The Morgan fingerprint density at radius 1 is 1.04 bits per heavy atom. The highest BCUT2D eigenvalue weighted by Crippen LogP contribution is 2.36. The van der Waals surface area contributed by atoms with Gasteiger partial charge in [0.15, 0.2) is 17.3 Å². The lowest BCUT2D eigenvalue weighted by atomic mass is 9.89. The van der Waals surface area contributed by atoms with E-state index in [4.69, 9.17) is 9.47 Å². The number of carbonyl (C=O) groups excluding carboxylic acids is 1. The van der Waals surface area contributed by atoms with Crippen LogP contribution in [-0.2, 0) is 6.54 Å². The normalized spacial score (nSPS) is 17.9. The zero-order valence-corrected chi connectivity index (χ0v) is 16.2. The summed E-state index contributed by atoms with van der Waals surface area (Å²) < 4.78 is 12.4. The summed E-state index contributed by atoms with van der Waals surface area (Å²) in [6.07, 6.45) is 1.83. The van der Waals surface area contributed by atoms with Crippen LogP contribution < -0.4 is 9.47 Å². The third-order valence-corrected chi connectivity index (χ3v) is 5.86. The number of fused-ring (bicyclic) bond motifs is 1. The van der Waals surface area contributed by atoms with Gasteiger partial charge in [-0.05, 0) is 43.6 Å². The summed E-state index contributed by atoms with van der Waals surface area (Å²) in [5, 5.41) is 0. The van der Waals surface area contributed by atoms with Gasteiger partial charge < -0.3 is 9.47 Å². The molecule has 2 aromatic carbocycles. The van der Waals surface area contributed by atoms with Crippen molar-refractivity contribution >= 4 is 21.7 Å². The van der Waals surface area contributed by atoms with Crippen LogP contribution in [0.4, 0.5) is 0 Å². The van der Waals surface area contributed by atoms with Crippen molar-refractivity contribution in [1.29, 1.82) is 0 Å². The largest absolute Gasteiger partial charge is 0.486 e. The van der Waals surface area contributed by atoms with E-state index in [1.807, 2.05) is 36.4 Å². The van der Waals surface area contributed by atoms with Gasteiger partial charge >= 0.3 is 0 Å². The molecule has 5 heteroatoms. The van der Waals surface area contributed by atoms with Gasteiger partial charge in [0.2, 0.25) is 0 Å². The minimum absolute atomic E-state index is 0.136. The van der Waals surface area contributed by atoms with Crippen LogP contribution in [0.2, 0.25) is 0 Å². The van der Waals surface area contributed by atoms with Gasteiger partial charge in [-0.2, -0.15) is 0 Å². The summed E-state index contributed by atoms with van der Waals surface area (Å²) in [6.45, 7) is 3.92. The van der Waals surface area contributed by atoms with Crippen molar-refractivity contribution in [3.63, 3.8) is 0 Å². The van der Waals surface area contributed by atoms with Crippen LogP contribution in [0, 0.1) is 5.92 Å². The van der Waals surface area contributed by atoms with Crippen molar-refractivity contribution in [2.24, 2.45) is 5.92 Å². The molecule has 2 heterocycles. The predicted octanol–water partition coefficient (Wildman–Crippen LogP) is 4.32. The van der Waals surface area contributed by atoms with Crippen LogP contribution in [0.25, 0.3) is 0 Å². The number of rotatable bonds is 4.